The molecule has 0 radical (unpaired) electrons. The van der Waals surface area contributed by atoms with Crippen molar-refractivity contribution in [1.29, 1.82) is 0 Å². The summed E-state index contributed by atoms with van der Waals surface area (Å²) in [6.45, 7) is 4.29. The van der Waals surface area contributed by atoms with E-state index >= 15 is 0 Å². The fraction of sp³-hybridized carbons (Fsp3) is 0.423. The van der Waals surface area contributed by atoms with E-state index in [4.69, 9.17) is 4.74 Å². The average molecular weight is 451 g/mol. The van der Waals surface area contributed by atoms with Crippen molar-refractivity contribution in [3.8, 4) is 11.1 Å². The van der Waals surface area contributed by atoms with Gasteiger partial charge in [-0.3, -0.25) is 9.59 Å². The van der Waals surface area contributed by atoms with Crippen LogP contribution < -0.4 is 5.32 Å². The second-order valence-electron chi connectivity index (χ2n) is 8.99. The molecule has 0 unspecified atom stereocenters. The van der Waals surface area contributed by atoms with Crippen LogP contribution in [-0.2, 0) is 14.3 Å². The van der Waals surface area contributed by atoms with Crippen LogP contribution in [0.2, 0.25) is 0 Å². The van der Waals surface area contributed by atoms with E-state index in [0.717, 1.165) is 22.3 Å². The topological polar surface area (TPSA) is 95.9 Å². The Kier molecular flexibility index (Phi) is 6.67. The van der Waals surface area contributed by atoms with Crippen molar-refractivity contribution in [2.75, 3.05) is 13.2 Å². The number of alkyl carbamates (subject to hydrolysis) is 1. The molecular formula is C26H30N2O5. The maximum atomic E-state index is 12.8. The highest BCUT2D eigenvalue weighted by Crippen LogP contribution is 2.44. The van der Waals surface area contributed by atoms with Crippen LogP contribution >= 0.6 is 0 Å². The van der Waals surface area contributed by atoms with E-state index in [0.29, 0.717) is 19.4 Å². The fourth-order valence-electron chi connectivity index (χ4n) is 5.10. The number of benzene rings is 2. The predicted octanol–water partition coefficient (Wildman–Crippen LogP) is 4.02. The molecule has 2 aromatic carbocycles. The zero-order valence-corrected chi connectivity index (χ0v) is 19.0. The summed E-state index contributed by atoms with van der Waals surface area (Å²) in [5, 5.41) is 12.1. The number of ether oxygens (including phenoxy) is 1. The van der Waals surface area contributed by atoms with Crippen LogP contribution in [0.15, 0.2) is 48.5 Å². The smallest absolute Gasteiger partial charge is 0.407 e. The minimum atomic E-state index is -0.871. The minimum Gasteiger partial charge on any atom is -0.481 e. The molecular weight excluding hydrogens is 420 g/mol. The van der Waals surface area contributed by atoms with Gasteiger partial charge >= 0.3 is 12.1 Å². The number of carbonyl (C=O) groups excluding carboxylic acids is 2. The van der Waals surface area contributed by atoms with Gasteiger partial charge in [-0.05, 0) is 48.9 Å². The number of carboxylic acid groups (broad SMARTS) is 1. The van der Waals surface area contributed by atoms with Gasteiger partial charge in [0.05, 0.1) is 5.92 Å². The lowest BCUT2D eigenvalue weighted by Crippen LogP contribution is -2.50. The lowest BCUT2D eigenvalue weighted by atomic mass is 9.90. The molecule has 2 aliphatic rings. The van der Waals surface area contributed by atoms with Gasteiger partial charge in [0.2, 0.25) is 5.91 Å². The van der Waals surface area contributed by atoms with Gasteiger partial charge in [-0.25, -0.2) is 4.79 Å². The first-order chi connectivity index (χ1) is 15.9. The van der Waals surface area contributed by atoms with Crippen LogP contribution in [0.5, 0.6) is 0 Å². The number of piperidine rings is 1. The van der Waals surface area contributed by atoms with E-state index in [-0.39, 0.29) is 30.9 Å². The monoisotopic (exact) mass is 450 g/mol. The number of fused-ring (bicyclic) bond motifs is 3. The zero-order valence-electron chi connectivity index (χ0n) is 19.0. The van der Waals surface area contributed by atoms with Gasteiger partial charge in [-0.1, -0.05) is 48.5 Å². The van der Waals surface area contributed by atoms with Crippen LogP contribution in [-0.4, -0.2) is 53.2 Å². The number of nitrogens with one attached hydrogen (secondary N) is 1. The molecule has 0 saturated carbocycles. The summed E-state index contributed by atoms with van der Waals surface area (Å²) in [5.41, 5.74) is 4.61. The van der Waals surface area contributed by atoms with Crippen molar-refractivity contribution in [2.45, 2.75) is 51.1 Å². The third-order valence-electron chi connectivity index (χ3n) is 6.81. The Labute approximate surface area is 193 Å². The summed E-state index contributed by atoms with van der Waals surface area (Å²) in [7, 11) is 0. The highest BCUT2D eigenvalue weighted by molar-refractivity contribution is 5.80. The molecule has 0 bridgehead atoms. The maximum absolute atomic E-state index is 12.8. The lowest BCUT2D eigenvalue weighted by Gasteiger charge is -2.38. The van der Waals surface area contributed by atoms with Crippen LogP contribution in [0, 0.1) is 5.92 Å². The average Bonchev–Trinajstić information content (AvgIpc) is 3.11. The number of hydrogen-bond donors (Lipinski definition) is 2. The number of aliphatic carboxylic acids is 1. The van der Waals surface area contributed by atoms with Gasteiger partial charge in [-0.2, -0.15) is 0 Å². The quantitative estimate of drug-likeness (QED) is 0.693. The molecule has 0 aromatic heterocycles. The first kappa shape index (κ1) is 22.8. The molecule has 2 amide bonds. The number of rotatable bonds is 6. The van der Waals surface area contributed by atoms with Gasteiger partial charge in [0.25, 0.3) is 0 Å². The number of nitrogens with zero attached hydrogens (tertiary/aromatic N) is 1. The summed E-state index contributed by atoms with van der Waals surface area (Å²) in [6, 6.07) is 15.5. The van der Waals surface area contributed by atoms with Crippen molar-refractivity contribution < 1.29 is 24.2 Å². The van der Waals surface area contributed by atoms with Gasteiger partial charge in [0.15, 0.2) is 0 Å². The SMILES string of the molecule is C[C@H](CC(=O)N1CCC[C@H](C(=O)O)[C@@H]1C)NC(=O)OCC1c2ccccc2-c2ccccc21. The maximum Gasteiger partial charge on any atom is 0.407 e. The minimum absolute atomic E-state index is 0.0257. The molecule has 174 valence electrons. The standard InChI is InChI=1S/C26H30N2O5/c1-16(14-24(29)28-13-7-12-18(17(28)2)25(30)31)27-26(32)33-15-23-21-10-5-3-8-19(21)20-9-4-6-11-22(20)23/h3-6,8-11,16-18,23H,7,12-15H2,1-2H3,(H,27,32)(H,30,31)/t16-,17+,18+/m1/s1. The molecule has 1 aliphatic carbocycles. The molecule has 2 aromatic rings. The van der Waals surface area contributed by atoms with Crippen molar-refractivity contribution in [2.24, 2.45) is 5.92 Å². The lowest BCUT2D eigenvalue weighted by molar-refractivity contribution is -0.149. The molecule has 7 heteroatoms. The Balaban J connectivity index is 1.31. The van der Waals surface area contributed by atoms with E-state index in [1.807, 2.05) is 24.3 Å². The van der Waals surface area contributed by atoms with Gasteiger partial charge in [0, 0.05) is 31.0 Å². The van der Waals surface area contributed by atoms with E-state index < -0.39 is 24.0 Å². The van der Waals surface area contributed by atoms with E-state index in [2.05, 4.69) is 29.6 Å². The molecule has 0 spiro atoms. The molecule has 4 rings (SSSR count). The first-order valence-corrected chi connectivity index (χ1v) is 11.5. The zero-order chi connectivity index (χ0) is 23.5. The van der Waals surface area contributed by atoms with E-state index in [1.165, 1.54) is 0 Å². The van der Waals surface area contributed by atoms with Gasteiger partial charge in [-0.15, -0.1) is 0 Å². The fourth-order valence-corrected chi connectivity index (χ4v) is 5.10. The van der Waals surface area contributed by atoms with Crippen LogP contribution in [0.1, 0.15) is 50.2 Å². The Hall–Kier alpha value is -3.35. The van der Waals surface area contributed by atoms with Gasteiger partial charge < -0.3 is 20.1 Å². The van der Waals surface area contributed by atoms with Crippen molar-refractivity contribution in [3.63, 3.8) is 0 Å². The Bertz CT molecular complexity index is 1010. The summed E-state index contributed by atoms with van der Waals surface area (Å²) >= 11 is 0. The van der Waals surface area contributed by atoms with Crippen molar-refractivity contribution in [3.05, 3.63) is 59.7 Å². The second-order valence-corrected chi connectivity index (χ2v) is 8.99. The third-order valence-corrected chi connectivity index (χ3v) is 6.81. The highest BCUT2D eigenvalue weighted by Gasteiger charge is 2.35. The summed E-state index contributed by atoms with van der Waals surface area (Å²) < 4.78 is 5.55. The molecule has 1 aliphatic heterocycles. The summed E-state index contributed by atoms with van der Waals surface area (Å²) in [5.74, 6) is -1.60. The summed E-state index contributed by atoms with van der Waals surface area (Å²) in [6.07, 6.45) is 0.780. The molecule has 1 saturated heterocycles. The number of carboxylic acids is 1. The number of carbonyl (C=O) groups is 3. The molecule has 1 heterocycles. The second kappa shape index (κ2) is 9.65. The highest BCUT2D eigenvalue weighted by atomic mass is 16.5. The van der Waals surface area contributed by atoms with Crippen molar-refractivity contribution in [1.82, 2.24) is 10.2 Å². The molecule has 3 atom stereocenters. The first-order valence-electron chi connectivity index (χ1n) is 11.5. The normalized spacial score (nSPS) is 20.5. The summed E-state index contributed by atoms with van der Waals surface area (Å²) in [4.78, 5) is 38.3. The third kappa shape index (κ3) is 4.72. The van der Waals surface area contributed by atoms with Crippen molar-refractivity contribution >= 4 is 18.0 Å². The number of amides is 2. The van der Waals surface area contributed by atoms with Crippen LogP contribution in [0.25, 0.3) is 11.1 Å². The molecule has 2 N–H and O–H groups in total. The predicted molar refractivity (Wildman–Crippen MR) is 124 cm³/mol. The largest absolute Gasteiger partial charge is 0.481 e. The Morgan fingerprint density at radius 1 is 1.09 bits per heavy atom. The Morgan fingerprint density at radius 3 is 2.30 bits per heavy atom. The van der Waals surface area contributed by atoms with Gasteiger partial charge in [0.1, 0.15) is 6.61 Å². The molecule has 1 fully saturated rings. The Morgan fingerprint density at radius 2 is 1.70 bits per heavy atom. The van der Waals surface area contributed by atoms with E-state index in [9.17, 15) is 19.5 Å². The number of hydrogen-bond acceptors (Lipinski definition) is 4. The van der Waals surface area contributed by atoms with Crippen LogP contribution in [0.4, 0.5) is 4.79 Å². The number of likely N-dealkylation sites (tertiary alicyclic amines) is 1. The van der Waals surface area contributed by atoms with Crippen LogP contribution in [0.3, 0.4) is 0 Å². The molecule has 7 nitrogen and oxygen atoms in total. The van der Waals surface area contributed by atoms with E-state index in [1.54, 1.807) is 18.7 Å². The molecule has 33 heavy (non-hydrogen) atoms.